The third kappa shape index (κ3) is 2.47. The van der Waals surface area contributed by atoms with Crippen molar-refractivity contribution in [1.82, 2.24) is 4.98 Å². The van der Waals surface area contributed by atoms with E-state index in [0.29, 0.717) is 16.3 Å². The molecule has 0 aliphatic carbocycles. The summed E-state index contributed by atoms with van der Waals surface area (Å²) in [5.74, 6) is -1.04. The number of fused-ring (bicyclic) bond motifs is 1. The van der Waals surface area contributed by atoms with E-state index in [0.717, 1.165) is 23.5 Å². The number of hydrogen-bond acceptors (Lipinski definition) is 4. The zero-order valence-electron chi connectivity index (χ0n) is 11.4. The van der Waals surface area contributed by atoms with Crippen LogP contribution in [0.3, 0.4) is 0 Å². The number of aromatic nitrogens is 1. The standard InChI is InChI=1S/C15H13ClN2O2S/c1-2-4-12-17-9(8-21-12)7-18-13-10(14(19)15(18)20)5-3-6-11(13)16/h3,5-6,8H,2,4,7H2,1H3. The molecule has 108 valence electrons. The van der Waals surface area contributed by atoms with E-state index in [1.165, 1.54) is 4.90 Å². The van der Waals surface area contributed by atoms with Gasteiger partial charge < -0.3 is 0 Å². The molecule has 1 aromatic carbocycles. The van der Waals surface area contributed by atoms with Crippen LogP contribution in [-0.4, -0.2) is 16.7 Å². The number of hydrogen-bond donors (Lipinski definition) is 0. The molecule has 21 heavy (non-hydrogen) atoms. The topological polar surface area (TPSA) is 50.3 Å². The molecular formula is C15H13ClN2O2S. The number of Topliss-reactive ketones (excluding diaryl/α,β-unsaturated/α-hetero) is 1. The van der Waals surface area contributed by atoms with Crippen LogP contribution >= 0.6 is 22.9 Å². The zero-order valence-corrected chi connectivity index (χ0v) is 13.0. The zero-order chi connectivity index (χ0) is 15.0. The quantitative estimate of drug-likeness (QED) is 0.810. The molecule has 0 saturated heterocycles. The number of para-hydroxylation sites is 1. The van der Waals surface area contributed by atoms with E-state index in [2.05, 4.69) is 11.9 Å². The summed E-state index contributed by atoms with van der Waals surface area (Å²) in [6.07, 6.45) is 1.96. The van der Waals surface area contributed by atoms with Gasteiger partial charge in [-0.3, -0.25) is 14.5 Å². The van der Waals surface area contributed by atoms with E-state index in [4.69, 9.17) is 11.6 Å². The van der Waals surface area contributed by atoms with Gasteiger partial charge in [0.15, 0.2) is 0 Å². The fourth-order valence-electron chi connectivity index (χ4n) is 2.38. The van der Waals surface area contributed by atoms with Crippen LogP contribution < -0.4 is 4.90 Å². The Kier molecular flexibility index (Phi) is 3.78. The van der Waals surface area contributed by atoms with Crippen LogP contribution in [0.15, 0.2) is 23.6 Å². The van der Waals surface area contributed by atoms with Crippen LogP contribution in [0.2, 0.25) is 5.02 Å². The van der Waals surface area contributed by atoms with Crippen LogP contribution in [0.25, 0.3) is 0 Å². The number of amides is 1. The highest BCUT2D eigenvalue weighted by molar-refractivity contribution is 7.09. The molecule has 4 nitrogen and oxygen atoms in total. The van der Waals surface area contributed by atoms with Crippen molar-refractivity contribution in [3.05, 3.63) is 44.9 Å². The largest absolute Gasteiger partial charge is 0.299 e. The highest BCUT2D eigenvalue weighted by Gasteiger charge is 2.37. The molecule has 0 saturated carbocycles. The SMILES string of the molecule is CCCc1nc(CN2C(=O)C(=O)c3cccc(Cl)c32)cs1. The second kappa shape index (κ2) is 5.58. The fourth-order valence-corrected chi connectivity index (χ4v) is 3.54. The van der Waals surface area contributed by atoms with Gasteiger partial charge >= 0.3 is 0 Å². The monoisotopic (exact) mass is 320 g/mol. The number of benzene rings is 1. The first-order valence-electron chi connectivity index (χ1n) is 6.69. The molecule has 0 bridgehead atoms. The lowest BCUT2D eigenvalue weighted by atomic mass is 10.1. The van der Waals surface area contributed by atoms with Crippen molar-refractivity contribution < 1.29 is 9.59 Å². The normalized spacial score (nSPS) is 13.9. The molecule has 1 amide bonds. The number of carbonyl (C=O) groups excluding carboxylic acids is 2. The minimum absolute atomic E-state index is 0.279. The van der Waals surface area contributed by atoms with Gasteiger partial charge in [-0.1, -0.05) is 24.6 Å². The lowest BCUT2D eigenvalue weighted by Gasteiger charge is -2.16. The number of halogens is 1. The molecule has 0 fully saturated rings. The van der Waals surface area contributed by atoms with E-state index in [1.54, 1.807) is 29.5 Å². The van der Waals surface area contributed by atoms with Gasteiger partial charge in [0, 0.05) is 5.38 Å². The molecule has 2 aromatic rings. The average Bonchev–Trinajstić information content (AvgIpc) is 3.00. The Bertz CT molecular complexity index is 726. The van der Waals surface area contributed by atoms with Crippen molar-refractivity contribution in [3.8, 4) is 0 Å². The van der Waals surface area contributed by atoms with Crippen molar-refractivity contribution in [1.29, 1.82) is 0 Å². The van der Waals surface area contributed by atoms with E-state index < -0.39 is 11.7 Å². The van der Waals surface area contributed by atoms with Crippen molar-refractivity contribution in [2.45, 2.75) is 26.3 Å². The minimum Gasteiger partial charge on any atom is -0.297 e. The molecule has 3 rings (SSSR count). The number of carbonyl (C=O) groups is 2. The summed E-state index contributed by atoms with van der Waals surface area (Å²) < 4.78 is 0. The number of rotatable bonds is 4. The Labute approximate surface area is 131 Å². The van der Waals surface area contributed by atoms with Crippen molar-refractivity contribution in [2.75, 3.05) is 4.90 Å². The third-order valence-corrected chi connectivity index (χ3v) is 4.59. The second-order valence-electron chi connectivity index (χ2n) is 4.84. The minimum atomic E-state index is -0.539. The van der Waals surface area contributed by atoms with Gasteiger partial charge in [0.25, 0.3) is 11.7 Å². The van der Waals surface area contributed by atoms with Gasteiger partial charge in [-0.25, -0.2) is 4.98 Å². The Hall–Kier alpha value is -1.72. The average molecular weight is 321 g/mol. The van der Waals surface area contributed by atoms with Crippen LogP contribution in [0.5, 0.6) is 0 Å². The van der Waals surface area contributed by atoms with Gasteiger partial charge in [0.1, 0.15) is 0 Å². The molecule has 1 aliphatic heterocycles. The molecular weight excluding hydrogens is 308 g/mol. The Morgan fingerprint density at radius 3 is 2.90 bits per heavy atom. The lowest BCUT2D eigenvalue weighted by molar-refractivity contribution is -0.114. The van der Waals surface area contributed by atoms with Crippen LogP contribution in [-0.2, 0) is 17.8 Å². The summed E-state index contributed by atoms with van der Waals surface area (Å²) in [5.41, 5.74) is 1.66. The molecule has 2 heterocycles. The number of nitrogens with zero attached hydrogens (tertiary/aromatic N) is 2. The van der Waals surface area contributed by atoms with Gasteiger partial charge in [0.2, 0.25) is 0 Å². The molecule has 1 aliphatic rings. The van der Waals surface area contributed by atoms with Crippen molar-refractivity contribution in [2.24, 2.45) is 0 Å². The number of thiazole rings is 1. The number of anilines is 1. The van der Waals surface area contributed by atoms with Crippen molar-refractivity contribution >= 4 is 40.3 Å². The first kappa shape index (κ1) is 14.2. The summed E-state index contributed by atoms with van der Waals surface area (Å²) in [6.45, 7) is 2.38. The van der Waals surface area contributed by atoms with Crippen LogP contribution in [0.4, 0.5) is 5.69 Å². The van der Waals surface area contributed by atoms with Crippen molar-refractivity contribution in [3.63, 3.8) is 0 Å². The van der Waals surface area contributed by atoms with Gasteiger partial charge in [-0.2, -0.15) is 0 Å². The summed E-state index contributed by atoms with van der Waals surface area (Å²) in [4.78, 5) is 30.1. The Morgan fingerprint density at radius 1 is 1.33 bits per heavy atom. The predicted molar refractivity (Wildman–Crippen MR) is 83.1 cm³/mol. The fraction of sp³-hybridized carbons (Fsp3) is 0.267. The van der Waals surface area contributed by atoms with Gasteiger partial charge in [-0.05, 0) is 25.0 Å². The highest BCUT2D eigenvalue weighted by atomic mass is 35.5. The molecule has 0 radical (unpaired) electrons. The predicted octanol–water partition coefficient (Wildman–Crippen LogP) is 3.48. The van der Waals surface area contributed by atoms with Crippen LogP contribution in [0.1, 0.15) is 34.4 Å². The first-order chi connectivity index (χ1) is 10.1. The van der Waals surface area contributed by atoms with E-state index in [-0.39, 0.29) is 6.54 Å². The summed E-state index contributed by atoms with van der Waals surface area (Å²) in [6, 6.07) is 4.99. The molecule has 0 spiro atoms. The van der Waals surface area contributed by atoms with Crippen LogP contribution in [0, 0.1) is 0 Å². The first-order valence-corrected chi connectivity index (χ1v) is 7.95. The molecule has 0 N–H and O–H groups in total. The third-order valence-electron chi connectivity index (χ3n) is 3.32. The van der Waals surface area contributed by atoms with Gasteiger partial charge in [0.05, 0.1) is 33.5 Å². The Morgan fingerprint density at radius 2 is 2.14 bits per heavy atom. The molecule has 6 heteroatoms. The summed E-state index contributed by atoms with van der Waals surface area (Å²) >= 11 is 7.73. The smallest absolute Gasteiger partial charge is 0.297 e. The molecule has 0 atom stereocenters. The number of ketones is 1. The maximum Gasteiger partial charge on any atom is 0.299 e. The van der Waals surface area contributed by atoms with Gasteiger partial charge in [-0.15, -0.1) is 11.3 Å². The summed E-state index contributed by atoms with van der Waals surface area (Å²) in [7, 11) is 0. The van der Waals surface area contributed by atoms with E-state index >= 15 is 0 Å². The van der Waals surface area contributed by atoms with E-state index in [9.17, 15) is 9.59 Å². The number of aryl methyl sites for hydroxylation is 1. The maximum absolute atomic E-state index is 12.1. The highest BCUT2D eigenvalue weighted by Crippen LogP contribution is 2.36. The summed E-state index contributed by atoms with van der Waals surface area (Å²) in [5, 5.41) is 3.39. The maximum atomic E-state index is 12.1. The Balaban J connectivity index is 1.92. The van der Waals surface area contributed by atoms with E-state index in [1.807, 2.05) is 5.38 Å². The molecule has 1 aromatic heterocycles. The second-order valence-corrected chi connectivity index (χ2v) is 6.19. The molecule has 0 unspecified atom stereocenters. The lowest BCUT2D eigenvalue weighted by Crippen LogP contribution is -2.29.